The molecular formula is C26H28FN3O4S. The minimum atomic E-state index is -4.00. The fourth-order valence-electron chi connectivity index (χ4n) is 3.63. The number of nitrogens with zero attached hydrogens (tertiary/aromatic N) is 2. The van der Waals surface area contributed by atoms with Crippen LogP contribution in [0.15, 0.2) is 83.8 Å². The van der Waals surface area contributed by atoms with Crippen molar-refractivity contribution in [1.29, 1.82) is 0 Å². The second kappa shape index (κ2) is 11.2. The molecule has 1 unspecified atom stereocenters. The average Bonchev–Trinajstić information content (AvgIpc) is 2.82. The first-order chi connectivity index (χ1) is 16.6. The Labute approximate surface area is 205 Å². The molecule has 1 N–H and O–H groups in total. The van der Waals surface area contributed by atoms with Gasteiger partial charge in [-0.15, -0.1) is 0 Å². The molecule has 0 aliphatic carbocycles. The van der Waals surface area contributed by atoms with E-state index < -0.39 is 34.3 Å². The molecule has 184 valence electrons. The summed E-state index contributed by atoms with van der Waals surface area (Å²) < 4.78 is 40.1. The first-order valence-corrected chi connectivity index (χ1v) is 12.4. The zero-order chi connectivity index (χ0) is 25.6. The molecule has 0 spiro atoms. The van der Waals surface area contributed by atoms with Crippen LogP contribution >= 0.6 is 0 Å². The molecule has 0 heterocycles. The van der Waals surface area contributed by atoms with Crippen molar-refractivity contribution in [3.05, 3.63) is 95.8 Å². The van der Waals surface area contributed by atoms with E-state index in [-0.39, 0.29) is 17.3 Å². The number of nitrogens with one attached hydrogen (secondary N) is 1. The highest BCUT2D eigenvalue weighted by molar-refractivity contribution is 7.89. The Morgan fingerprint density at radius 2 is 1.63 bits per heavy atom. The molecule has 0 saturated carbocycles. The largest absolute Gasteiger partial charge is 0.330 e. The second-order valence-corrected chi connectivity index (χ2v) is 10.2. The molecule has 0 radical (unpaired) electrons. The Morgan fingerprint density at radius 1 is 0.971 bits per heavy atom. The normalized spacial score (nSPS) is 12.3. The molecule has 35 heavy (non-hydrogen) atoms. The van der Waals surface area contributed by atoms with E-state index in [1.807, 2.05) is 43.3 Å². The lowest BCUT2D eigenvalue weighted by Crippen LogP contribution is -2.42. The van der Waals surface area contributed by atoms with Crippen LogP contribution in [0.2, 0.25) is 0 Å². The van der Waals surface area contributed by atoms with Gasteiger partial charge in [0.1, 0.15) is 5.82 Å². The maximum atomic E-state index is 13.5. The van der Waals surface area contributed by atoms with Gasteiger partial charge in [-0.3, -0.25) is 9.59 Å². The number of amides is 2. The summed E-state index contributed by atoms with van der Waals surface area (Å²) in [6.45, 7) is 3.12. The van der Waals surface area contributed by atoms with Gasteiger partial charge in [0.2, 0.25) is 21.8 Å². The number of rotatable bonds is 9. The van der Waals surface area contributed by atoms with Crippen molar-refractivity contribution in [3.8, 4) is 0 Å². The summed E-state index contributed by atoms with van der Waals surface area (Å²) in [5.74, 6) is -1.16. The van der Waals surface area contributed by atoms with Gasteiger partial charge in [-0.05, 0) is 54.4 Å². The molecule has 3 aromatic rings. The molecule has 3 rings (SSSR count). The first-order valence-electron chi connectivity index (χ1n) is 11.0. The van der Waals surface area contributed by atoms with Gasteiger partial charge < -0.3 is 10.2 Å². The van der Waals surface area contributed by atoms with Crippen molar-refractivity contribution in [1.82, 2.24) is 9.21 Å². The zero-order valence-electron chi connectivity index (χ0n) is 19.8. The van der Waals surface area contributed by atoms with E-state index in [1.165, 1.54) is 26.1 Å². The monoisotopic (exact) mass is 497 g/mol. The van der Waals surface area contributed by atoms with Gasteiger partial charge in [-0.1, -0.05) is 42.5 Å². The highest BCUT2D eigenvalue weighted by atomic mass is 32.2. The highest BCUT2D eigenvalue weighted by Crippen LogP contribution is 2.26. The van der Waals surface area contributed by atoms with Crippen LogP contribution in [-0.4, -0.2) is 43.0 Å². The van der Waals surface area contributed by atoms with E-state index in [4.69, 9.17) is 0 Å². The van der Waals surface area contributed by atoms with Gasteiger partial charge >= 0.3 is 0 Å². The highest BCUT2D eigenvalue weighted by Gasteiger charge is 2.28. The summed E-state index contributed by atoms with van der Waals surface area (Å²) in [5, 5.41) is 2.74. The number of carbonyl (C=O) groups is 2. The summed E-state index contributed by atoms with van der Waals surface area (Å²) in [7, 11) is -2.68. The van der Waals surface area contributed by atoms with E-state index >= 15 is 0 Å². The molecule has 7 nitrogen and oxygen atoms in total. The Bertz CT molecular complexity index is 1280. The van der Waals surface area contributed by atoms with E-state index in [0.29, 0.717) is 5.69 Å². The molecule has 3 aromatic carbocycles. The van der Waals surface area contributed by atoms with Crippen LogP contribution in [-0.2, 0) is 26.2 Å². The number of carbonyl (C=O) groups excluding carboxylic acids is 2. The molecule has 9 heteroatoms. The Hall–Kier alpha value is -3.56. The molecular weight excluding hydrogens is 469 g/mol. The van der Waals surface area contributed by atoms with E-state index in [1.54, 1.807) is 23.1 Å². The second-order valence-electron chi connectivity index (χ2n) is 8.20. The number of hydrogen-bond donors (Lipinski definition) is 1. The Morgan fingerprint density at radius 3 is 2.26 bits per heavy atom. The fraction of sp³-hybridized carbons (Fsp3) is 0.231. The predicted molar refractivity (Wildman–Crippen MR) is 132 cm³/mol. The summed E-state index contributed by atoms with van der Waals surface area (Å²) >= 11 is 0. The lowest BCUT2D eigenvalue weighted by molar-refractivity contribution is -0.134. The SMILES string of the molecule is CC(=O)Nc1cccc(C(C)N(Cc2ccccc2)C(=O)CN(C)S(=O)(=O)c2ccc(F)cc2)c1. The van der Waals surface area contributed by atoms with E-state index in [2.05, 4.69) is 5.32 Å². The van der Waals surface area contributed by atoms with Crippen LogP contribution in [0.3, 0.4) is 0 Å². The maximum Gasteiger partial charge on any atom is 0.243 e. The quantitative estimate of drug-likeness (QED) is 0.480. The van der Waals surface area contributed by atoms with E-state index in [9.17, 15) is 22.4 Å². The lowest BCUT2D eigenvalue weighted by Gasteiger charge is -2.31. The van der Waals surface area contributed by atoms with Crippen molar-refractivity contribution in [3.63, 3.8) is 0 Å². The summed E-state index contributed by atoms with van der Waals surface area (Å²) in [6, 6.07) is 20.6. The number of sulfonamides is 1. The minimum Gasteiger partial charge on any atom is -0.330 e. The lowest BCUT2D eigenvalue weighted by atomic mass is 10.0. The van der Waals surface area contributed by atoms with Gasteiger partial charge in [0.25, 0.3) is 0 Å². The molecule has 0 aliphatic heterocycles. The van der Waals surface area contributed by atoms with Gasteiger partial charge in [-0.25, -0.2) is 12.8 Å². The minimum absolute atomic E-state index is 0.0973. The Balaban J connectivity index is 1.88. The fourth-order valence-corrected chi connectivity index (χ4v) is 4.75. The van der Waals surface area contributed by atoms with Crippen LogP contribution in [0.5, 0.6) is 0 Å². The summed E-state index contributed by atoms with van der Waals surface area (Å²) in [5.41, 5.74) is 2.27. The van der Waals surface area contributed by atoms with Gasteiger partial charge in [-0.2, -0.15) is 4.31 Å². The van der Waals surface area contributed by atoms with Crippen molar-refractivity contribution in [2.45, 2.75) is 31.3 Å². The summed E-state index contributed by atoms with van der Waals surface area (Å²) in [4.78, 5) is 26.4. The van der Waals surface area contributed by atoms with Crippen LogP contribution in [0.1, 0.15) is 31.0 Å². The third-order valence-electron chi connectivity index (χ3n) is 5.55. The molecule has 0 bridgehead atoms. The van der Waals surface area contributed by atoms with E-state index in [0.717, 1.165) is 27.6 Å². The summed E-state index contributed by atoms with van der Waals surface area (Å²) in [6.07, 6.45) is 0. The van der Waals surface area contributed by atoms with Crippen LogP contribution in [0.25, 0.3) is 0 Å². The maximum absolute atomic E-state index is 13.5. The zero-order valence-corrected chi connectivity index (χ0v) is 20.6. The number of likely N-dealkylation sites (N-methyl/N-ethyl adjacent to an activating group) is 1. The van der Waals surface area contributed by atoms with Gasteiger partial charge in [0.05, 0.1) is 17.5 Å². The third-order valence-corrected chi connectivity index (χ3v) is 7.37. The van der Waals surface area contributed by atoms with Crippen molar-refractivity contribution in [2.75, 3.05) is 18.9 Å². The first kappa shape index (κ1) is 26.1. The van der Waals surface area contributed by atoms with Crippen molar-refractivity contribution in [2.24, 2.45) is 0 Å². The van der Waals surface area contributed by atoms with Crippen molar-refractivity contribution < 1.29 is 22.4 Å². The molecule has 0 aromatic heterocycles. The number of halogens is 1. The molecule has 0 aliphatic rings. The molecule has 2 amide bonds. The number of anilines is 1. The van der Waals surface area contributed by atoms with Crippen LogP contribution in [0, 0.1) is 5.82 Å². The van der Waals surface area contributed by atoms with Gasteiger partial charge in [0.15, 0.2) is 0 Å². The smallest absolute Gasteiger partial charge is 0.243 e. The van der Waals surface area contributed by atoms with Crippen LogP contribution < -0.4 is 5.32 Å². The predicted octanol–water partition coefficient (Wildman–Crippen LogP) is 4.19. The average molecular weight is 498 g/mol. The number of hydrogen-bond acceptors (Lipinski definition) is 4. The molecule has 0 saturated heterocycles. The van der Waals surface area contributed by atoms with Crippen molar-refractivity contribution >= 4 is 27.5 Å². The third kappa shape index (κ3) is 6.74. The van der Waals surface area contributed by atoms with Gasteiger partial charge in [0, 0.05) is 26.2 Å². The molecule has 1 atom stereocenters. The Kier molecular flexibility index (Phi) is 8.37. The van der Waals surface area contributed by atoms with Crippen LogP contribution in [0.4, 0.5) is 10.1 Å². The number of benzene rings is 3. The topological polar surface area (TPSA) is 86.8 Å². The standard InChI is InChI=1S/C26H28FN3O4S/c1-19(22-10-7-11-24(16-22)28-20(2)31)30(17-21-8-5-4-6-9-21)26(32)18-29(3)35(33,34)25-14-12-23(27)13-15-25/h4-16,19H,17-18H2,1-3H3,(H,28,31). The molecule has 0 fully saturated rings.